The molecule has 0 amide bonds. The van der Waals surface area contributed by atoms with Crippen LogP contribution in [0.25, 0.3) is 0 Å². The van der Waals surface area contributed by atoms with Gasteiger partial charge in [0.15, 0.2) is 5.78 Å². The molecule has 0 aliphatic carbocycles. The molecule has 0 spiro atoms. The minimum Gasteiger partial charge on any atom is -0.396 e. The number of aliphatic hydroxyl groups is 2. The number of hydrogen-bond donors (Lipinski definition) is 2. The molecule has 0 saturated carbocycles. The highest BCUT2D eigenvalue weighted by Crippen LogP contribution is 2.22. The lowest BCUT2D eigenvalue weighted by Gasteiger charge is -2.24. The van der Waals surface area contributed by atoms with Crippen LogP contribution in [-0.4, -0.2) is 29.2 Å². The van der Waals surface area contributed by atoms with E-state index in [0.29, 0.717) is 6.42 Å². The van der Waals surface area contributed by atoms with E-state index in [-0.39, 0.29) is 19.0 Å². The SMILES string of the molecule is CCCCCCCC(=O)c1ccc(CCC(C)(CO)CO)cc1. The zero-order valence-corrected chi connectivity index (χ0v) is 14.7. The molecule has 0 aliphatic rings. The molecule has 0 atom stereocenters. The van der Waals surface area contributed by atoms with E-state index in [1.54, 1.807) is 0 Å². The van der Waals surface area contributed by atoms with Crippen LogP contribution >= 0.6 is 0 Å². The lowest BCUT2D eigenvalue weighted by atomic mass is 9.85. The molecule has 0 fully saturated rings. The maximum atomic E-state index is 12.1. The minimum absolute atomic E-state index is 0.0158. The highest BCUT2D eigenvalue weighted by molar-refractivity contribution is 5.96. The highest BCUT2D eigenvalue weighted by atomic mass is 16.3. The molecule has 0 bridgehead atoms. The van der Waals surface area contributed by atoms with Gasteiger partial charge in [-0.1, -0.05) is 63.8 Å². The van der Waals surface area contributed by atoms with Crippen molar-refractivity contribution in [2.75, 3.05) is 13.2 Å². The van der Waals surface area contributed by atoms with Crippen LogP contribution in [0.2, 0.25) is 0 Å². The zero-order valence-electron chi connectivity index (χ0n) is 14.7. The normalized spacial score (nSPS) is 11.7. The molecule has 1 aromatic carbocycles. The molecule has 1 rings (SSSR count). The first-order chi connectivity index (χ1) is 11.0. The molecular formula is C20H32O3. The number of ketones is 1. The Labute approximate surface area is 140 Å². The fraction of sp³-hybridized carbons (Fsp3) is 0.650. The Morgan fingerprint density at radius 3 is 2.17 bits per heavy atom. The average Bonchev–Trinajstić information content (AvgIpc) is 2.59. The van der Waals surface area contributed by atoms with E-state index >= 15 is 0 Å². The van der Waals surface area contributed by atoms with Crippen molar-refractivity contribution in [3.63, 3.8) is 0 Å². The van der Waals surface area contributed by atoms with E-state index < -0.39 is 5.41 Å². The van der Waals surface area contributed by atoms with Crippen molar-refractivity contribution < 1.29 is 15.0 Å². The van der Waals surface area contributed by atoms with Crippen molar-refractivity contribution in [2.45, 2.75) is 65.2 Å². The molecule has 0 aliphatic heterocycles. The monoisotopic (exact) mass is 320 g/mol. The fourth-order valence-corrected chi connectivity index (χ4v) is 2.54. The fourth-order valence-electron chi connectivity index (χ4n) is 2.54. The molecule has 130 valence electrons. The van der Waals surface area contributed by atoms with Gasteiger partial charge in [0.25, 0.3) is 0 Å². The van der Waals surface area contributed by atoms with E-state index in [1.165, 1.54) is 19.3 Å². The van der Waals surface area contributed by atoms with Crippen LogP contribution in [0.5, 0.6) is 0 Å². The first-order valence-electron chi connectivity index (χ1n) is 8.88. The number of benzene rings is 1. The number of aryl methyl sites for hydroxylation is 1. The van der Waals surface area contributed by atoms with Gasteiger partial charge < -0.3 is 10.2 Å². The number of rotatable bonds is 12. The Hall–Kier alpha value is -1.19. The van der Waals surface area contributed by atoms with Crippen molar-refractivity contribution in [3.05, 3.63) is 35.4 Å². The number of unbranched alkanes of at least 4 members (excludes halogenated alkanes) is 4. The van der Waals surface area contributed by atoms with Crippen molar-refractivity contribution in [1.29, 1.82) is 0 Å². The summed E-state index contributed by atoms with van der Waals surface area (Å²) in [7, 11) is 0. The van der Waals surface area contributed by atoms with Crippen molar-refractivity contribution in [1.82, 2.24) is 0 Å². The molecule has 0 unspecified atom stereocenters. The van der Waals surface area contributed by atoms with E-state index in [1.807, 2.05) is 31.2 Å². The summed E-state index contributed by atoms with van der Waals surface area (Å²) in [6.07, 6.45) is 7.97. The van der Waals surface area contributed by atoms with Gasteiger partial charge in [-0.25, -0.2) is 0 Å². The van der Waals surface area contributed by atoms with Crippen LogP contribution in [0.1, 0.15) is 74.7 Å². The predicted octanol–water partition coefficient (Wildman–Crippen LogP) is 4.15. The van der Waals surface area contributed by atoms with Crippen LogP contribution < -0.4 is 0 Å². The quantitative estimate of drug-likeness (QED) is 0.449. The Morgan fingerprint density at radius 1 is 1.00 bits per heavy atom. The van der Waals surface area contributed by atoms with Gasteiger partial charge in [-0.05, 0) is 24.8 Å². The van der Waals surface area contributed by atoms with Crippen molar-refractivity contribution in [3.8, 4) is 0 Å². The van der Waals surface area contributed by atoms with Gasteiger partial charge >= 0.3 is 0 Å². The summed E-state index contributed by atoms with van der Waals surface area (Å²) in [5.74, 6) is 0.226. The highest BCUT2D eigenvalue weighted by Gasteiger charge is 2.21. The molecule has 2 N–H and O–H groups in total. The summed E-state index contributed by atoms with van der Waals surface area (Å²) in [6.45, 7) is 4.04. The molecule has 23 heavy (non-hydrogen) atoms. The van der Waals surface area contributed by atoms with Gasteiger partial charge in [0.2, 0.25) is 0 Å². The first kappa shape index (κ1) is 19.9. The molecule has 0 radical (unpaired) electrons. The molecule has 0 aromatic heterocycles. The van der Waals surface area contributed by atoms with Crippen LogP contribution in [-0.2, 0) is 6.42 Å². The molecule has 3 nitrogen and oxygen atoms in total. The Kier molecular flexibility index (Phi) is 9.12. The Bertz CT molecular complexity index is 446. The average molecular weight is 320 g/mol. The van der Waals surface area contributed by atoms with Gasteiger partial charge in [-0.2, -0.15) is 0 Å². The number of hydrogen-bond acceptors (Lipinski definition) is 3. The third-order valence-corrected chi connectivity index (χ3v) is 4.56. The lowest BCUT2D eigenvalue weighted by Crippen LogP contribution is -2.26. The maximum absolute atomic E-state index is 12.1. The summed E-state index contributed by atoms with van der Waals surface area (Å²) < 4.78 is 0. The van der Waals surface area contributed by atoms with Gasteiger partial charge in [-0.3, -0.25) is 4.79 Å². The third-order valence-electron chi connectivity index (χ3n) is 4.56. The summed E-state index contributed by atoms with van der Waals surface area (Å²) in [5.41, 5.74) is 1.49. The Balaban J connectivity index is 2.42. The second-order valence-corrected chi connectivity index (χ2v) is 6.91. The number of carbonyl (C=O) groups excluding carboxylic acids is 1. The standard InChI is InChI=1S/C20H32O3/c1-3-4-5-6-7-8-19(23)18-11-9-17(10-12-18)13-14-20(2,15-21)16-22/h9-12,21-22H,3-8,13-16H2,1-2H3. The molecule has 3 heteroatoms. The van der Waals surface area contributed by atoms with Crippen LogP contribution in [0.15, 0.2) is 24.3 Å². The largest absolute Gasteiger partial charge is 0.396 e. The molecular weight excluding hydrogens is 288 g/mol. The van der Waals surface area contributed by atoms with Gasteiger partial charge in [-0.15, -0.1) is 0 Å². The van der Waals surface area contributed by atoms with Gasteiger partial charge in [0, 0.05) is 17.4 Å². The number of Topliss-reactive ketones (excluding diaryl/α,β-unsaturated/α-hetero) is 1. The molecule has 1 aromatic rings. The lowest BCUT2D eigenvalue weighted by molar-refractivity contribution is 0.0631. The second kappa shape index (κ2) is 10.6. The predicted molar refractivity (Wildman–Crippen MR) is 94.7 cm³/mol. The molecule has 0 heterocycles. The second-order valence-electron chi connectivity index (χ2n) is 6.91. The van der Waals surface area contributed by atoms with Crippen molar-refractivity contribution >= 4 is 5.78 Å². The first-order valence-corrected chi connectivity index (χ1v) is 8.88. The summed E-state index contributed by atoms with van der Waals surface area (Å²) in [6, 6.07) is 7.77. The van der Waals surface area contributed by atoms with Crippen LogP contribution in [0.4, 0.5) is 0 Å². The Morgan fingerprint density at radius 2 is 1.61 bits per heavy atom. The van der Waals surface area contributed by atoms with E-state index in [9.17, 15) is 15.0 Å². The summed E-state index contributed by atoms with van der Waals surface area (Å²) >= 11 is 0. The topological polar surface area (TPSA) is 57.5 Å². The smallest absolute Gasteiger partial charge is 0.162 e. The van der Waals surface area contributed by atoms with Gasteiger partial charge in [0.1, 0.15) is 0 Å². The van der Waals surface area contributed by atoms with Crippen LogP contribution in [0.3, 0.4) is 0 Å². The zero-order chi connectivity index (χ0) is 17.1. The number of aliphatic hydroxyl groups excluding tert-OH is 2. The van der Waals surface area contributed by atoms with Crippen LogP contribution in [0, 0.1) is 5.41 Å². The van der Waals surface area contributed by atoms with Crippen molar-refractivity contribution in [2.24, 2.45) is 5.41 Å². The maximum Gasteiger partial charge on any atom is 0.162 e. The molecule has 0 saturated heterocycles. The van der Waals surface area contributed by atoms with Gasteiger partial charge in [0.05, 0.1) is 13.2 Å². The minimum atomic E-state index is -0.438. The number of carbonyl (C=O) groups is 1. The van der Waals surface area contributed by atoms with E-state index in [4.69, 9.17) is 0 Å². The van der Waals surface area contributed by atoms with E-state index in [2.05, 4.69) is 6.92 Å². The van der Waals surface area contributed by atoms with E-state index in [0.717, 1.165) is 36.8 Å². The third kappa shape index (κ3) is 7.28. The summed E-state index contributed by atoms with van der Waals surface area (Å²) in [4.78, 5) is 12.1. The summed E-state index contributed by atoms with van der Waals surface area (Å²) in [5, 5.41) is 18.6.